The molecule has 0 aliphatic carbocycles. The van der Waals surface area contributed by atoms with Crippen molar-refractivity contribution in [2.45, 2.75) is 25.8 Å². The average molecular weight is 200 g/mol. The summed E-state index contributed by atoms with van der Waals surface area (Å²) in [6.07, 6.45) is 1.88. The lowest BCUT2D eigenvalue weighted by Crippen LogP contribution is -2.41. The number of likely N-dealkylation sites (tertiary alicyclic amines) is 1. The SMILES string of the molecule is CC(=O)CONC(=O)C1CCCN1C. The number of amides is 1. The van der Waals surface area contributed by atoms with Crippen LogP contribution in [0, 0.1) is 0 Å². The van der Waals surface area contributed by atoms with Crippen LogP contribution in [0.3, 0.4) is 0 Å². The molecule has 1 aliphatic rings. The minimum Gasteiger partial charge on any atom is -0.297 e. The number of carbonyl (C=O) groups is 2. The van der Waals surface area contributed by atoms with Gasteiger partial charge in [0.05, 0.1) is 6.04 Å². The molecule has 0 aromatic heterocycles. The molecule has 1 fully saturated rings. The molecule has 1 saturated heterocycles. The lowest BCUT2D eigenvalue weighted by molar-refractivity contribution is -0.140. The Morgan fingerprint density at radius 2 is 2.29 bits per heavy atom. The van der Waals surface area contributed by atoms with E-state index in [9.17, 15) is 9.59 Å². The molecule has 14 heavy (non-hydrogen) atoms. The maximum Gasteiger partial charge on any atom is 0.260 e. The van der Waals surface area contributed by atoms with E-state index in [2.05, 4.69) is 5.48 Å². The van der Waals surface area contributed by atoms with Gasteiger partial charge in [-0.15, -0.1) is 0 Å². The van der Waals surface area contributed by atoms with Gasteiger partial charge in [-0.05, 0) is 33.4 Å². The molecule has 5 nitrogen and oxygen atoms in total. The van der Waals surface area contributed by atoms with Crippen LogP contribution in [0.25, 0.3) is 0 Å². The van der Waals surface area contributed by atoms with Crippen molar-refractivity contribution in [1.82, 2.24) is 10.4 Å². The summed E-state index contributed by atoms with van der Waals surface area (Å²) in [6.45, 7) is 2.28. The topological polar surface area (TPSA) is 58.6 Å². The first-order valence-electron chi connectivity index (χ1n) is 4.72. The van der Waals surface area contributed by atoms with Gasteiger partial charge in [0.15, 0.2) is 5.78 Å². The minimum absolute atomic E-state index is 0.0673. The average Bonchev–Trinajstić information content (AvgIpc) is 2.50. The fourth-order valence-corrected chi connectivity index (χ4v) is 1.52. The van der Waals surface area contributed by atoms with Crippen LogP contribution in [-0.4, -0.2) is 42.8 Å². The molecule has 1 amide bonds. The van der Waals surface area contributed by atoms with E-state index in [0.717, 1.165) is 19.4 Å². The number of carbonyl (C=O) groups excluding carboxylic acids is 2. The third-order valence-electron chi connectivity index (χ3n) is 2.27. The van der Waals surface area contributed by atoms with Crippen LogP contribution in [0.1, 0.15) is 19.8 Å². The Kier molecular flexibility index (Phi) is 4.03. The summed E-state index contributed by atoms with van der Waals surface area (Å²) in [4.78, 5) is 28.7. The summed E-state index contributed by atoms with van der Waals surface area (Å²) in [7, 11) is 1.90. The molecule has 0 radical (unpaired) electrons. The Balaban J connectivity index is 2.24. The zero-order valence-corrected chi connectivity index (χ0v) is 8.58. The van der Waals surface area contributed by atoms with Gasteiger partial charge in [0.1, 0.15) is 6.61 Å². The van der Waals surface area contributed by atoms with Crippen molar-refractivity contribution < 1.29 is 14.4 Å². The van der Waals surface area contributed by atoms with Crippen molar-refractivity contribution in [2.75, 3.05) is 20.2 Å². The number of hydrogen-bond donors (Lipinski definition) is 1. The van der Waals surface area contributed by atoms with Gasteiger partial charge in [-0.25, -0.2) is 5.48 Å². The second-order valence-corrected chi connectivity index (χ2v) is 3.60. The summed E-state index contributed by atoms with van der Waals surface area (Å²) in [5, 5.41) is 0. The summed E-state index contributed by atoms with van der Waals surface area (Å²) < 4.78 is 0. The minimum atomic E-state index is -0.161. The molecule has 1 N–H and O–H groups in total. The van der Waals surface area contributed by atoms with E-state index in [0.29, 0.717) is 0 Å². The summed E-state index contributed by atoms with van der Waals surface area (Å²) >= 11 is 0. The van der Waals surface area contributed by atoms with Crippen LogP contribution in [0.15, 0.2) is 0 Å². The Morgan fingerprint density at radius 3 is 2.79 bits per heavy atom. The number of nitrogens with zero attached hydrogens (tertiary/aromatic N) is 1. The number of hydrogen-bond acceptors (Lipinski definition) is 4. The molecule has 1 atom stereocenters. The van der Waals surface area contributed by atoms with E-state index in [4.69, 9.17) is 4.84 Å². The summed E-state index contributed by atoms with van der Waals surface area (Å²) in [6, 6.07) is -0.109. The van der Waals surface area contributed by atoms with Crippen LogP contribution >= 0.6 is 0 Å². The highest BCUT2D eigenvalue weighted by atomic mass is 16.7. The van der Waals surface area contributed by atoms with E-state index in [1.165, 1.54) is 6.92 Å². The largest absolute Gasteiger partial charge is 0.297 e. The van der Waals surface area contributed by atoms with Crippen molar-refractivity contribution in [2.24, 2.45) is 0 Å². The molecule has 0 saturated carbocycles. The lowest BCUT2D eigenvalue weighted by Gasteiger charge is -2.17. The molecule has 1 aliphatic heterocycles. The molecule has 1 unspecified atom stereocenters. The van der Waals surface area contributed by atoms with Gasteiger partial charge in [0.2, 0.25) is 0 Å². The third-order valence-corrected chi connectivity index (χ3v) is 2.27. The first kappa shape index (κ1) is 11.1. The zero-order valence-electron chi connectivity index (χ0n) is 8.58. The van der Waals surface area contributed by atoms with E-state index in [1.807, 2.05) is 11.9 Å². The van der Waals surface area contributed by atoms with Crippen molar-refractivity contribution >= 4 is 11.7 Å². The summed E-state index contributed by atoms with van der Waals surface area (Å²) in [5.41, 5.74) is 2.28. The van der Waals surface area contributed by atoms with Crippen molar-refractivity contribution in [3.8, 4) is 0 Å². The first-order valence-corrected chi connectivity index (χ1v) is 4.72. The zero-order chi connectivity index (χ0) is 10.6. The Bertz CT molecular complexity index is 230. The molecular formula is C9H16N2O3. The predicted octanol–water partition coefficient (Wildman–Crippen LogP) is -0.283. The highest BCUT2D eigenvalue weighted by Crippen LogP contribution is 2.14. The van der Waals surface area contributed by atoms with Crippen molar-refractivity contribution in [1.29, 1.82) is 0 Å². The van der Waals surface area contributed by atoms with Crippen LogP contribution in [-0.2, 0) is 14.4 Å². The van der Waals surface area contributed by atoms with Crippen LogP contribution < -0.4 is 5.48 Å². The molecule has 0 spiro atoms. The van der Waals surface area contributed by atoms with Gasteiger partial charge in [-0.1, -0.05) is 0 Å². The number of Topliss-reactive ketones (excluding diaryl/α,β-unsaturated/α-hetero) is 1. The van der Waals surface area contributed by atoms with Crippen LogP contribution in [0.4, 0.5) is 0 Å². The Labute approximate surface area is 83.4 Å². The highest BCUT2D eigenvalue weighted by molar-refractivity contribution is 5.81. The molecule has 80 valence electrons. The smallest absolute Gasteiger partial charge is 0.260 e. The van der Waals surface area contributed by atoms with Gasteiger partial charge in [0, 0.05) is 0 Å². The second kappa shape index (κ2) is 5.07. The number of nitrogens with one attached hydrogen (secondary N) is 1. The monoisotopic (exact) mass is 200 g/mol. The van der Waals surface area contributed by atoms with E-state index in [-0.39, 0.29) is 24.3 Å². The number of likely N-dealkylation sites (N-methyl/N-ethyl adjacent to an activating group) is 1. The van der Waals surface area contributed by atoms with E-state index < -0.39 is 0 Å². The molecule has 1 heterocycles. The normalized spacial score (nSPS) is 22.3. The van der Waals surface area contributed by atoms with E-state index in [1.54, 1.807) is 0 Å². The maximum absolute atomic E-state index is 11.4. The molecule has 0 bridgehead atoms. The summed E-state index contributed by atoms with van der Waals surface area (Å²) in [5.74, 6) is -0.267. The quantitative estimate of drug-likeness (QED) is 0.634. The van der Waals surface area contributed by atoms with Gasteiger partial charge in [-0.2, -0.15) is 0 Å². The second-order valence-electron chi connectivity index (χ2n) is 3.60. The predicted molar refractivity (Wildman–Crippen MR) is 50.4 cm³/mol. The first-order chi connectivity index (χ1) is 6.61. The Morgan fingerprint density at radius 1 is 1.57 bits per heavy atom. The van der Waals surface area contributed by atoms with Gasteiger partial charge >= 0.3 is 0 Å². The third kappa shape index (κ3) is 3.08. The van der Waals surface area contributed by atoms with Gasteiger partial charge < -0.3 is 0 Å². The van der Waals surface area contributed by atoms with Crippen molar-refractivity contribution in [3.05, 3.63) is 0 Å². The Hall–Kier alpha value is -0.940. The van der Waals surface area contributed by atoms with Crippen LogP contribution in [0.5, 0.6) is 0 Å². The molecule has 0 aromatic carbocycles. The number of ketones is 1. The number of hydroxylamine groups is 1. The molecular weight excluding hydrogens is 184 g/mol. The van der Waals surface area contributed by atoms with Gasteiger partial charge in [-0.3, -0.25) is 19.3 Å². The standard InChI is InChI=1S/C9H16N2O3/c1-7(12)6-14-10-9(13)8-4-3-5-11(8)2/h8H,3-6H2,1-2H3,(H,10,13). The number of rotatable bonds is 4. The molecule has 0 aromatic rings. The van der Waals surface area contributed by atoms with Crippen LogP contribution in [0.2, 0.25) is 0 Å². The fourth-order valence-electron chi connectivity index (χ4n) is 1.52. The maximum atomic E-state index is 11.4. The lowest BCUT2D eigenvalue weighted by atomic mass is 10.2. The highest BCUT2D eigenvalue weighted by Gasteiger charge is 2.27. The molecule has 5 heteroatoms. The van der Waals surface area contributed by atoms with Gasteiger partial charge in [0.25, 0.3) is 5.91 Å². The molecule has 1 rings (SSSR count). The van der Waals surface area contributed by atoms with E-state index >= 15 is 0 Å². The van der Waals surface area contributed by atoms with Crippen molar-refractivity contribution in [3.63, 3.8) is 0 Å². The fraction of sp³-hybridized carbons (Fsp3) is 0.778.